The molecule has 2 rings (SSSR count). The van der Waals surface area contributed by atoms with Gasteiger partial charge in [-0.2, -0.15) is 9.65 Å². The summed E-state index contributed by atoms with van der Waals surface area (Å²) in [7, 11) is 0. The first-order chi connectivity index (χ1) is 9.11. The van der Waals surface area contributed by atoms with E-state index < -0.39 is 16.4 Å². The van der Waals surface area contributed by atoms with Crippen molar-refractivity contribution in [2.45, 2.75) is 19.4 Å². The van der Waals surface area contributed by atoms with Gasteiger partial charge in [0.15, 0.2) is 0 Å². The van der Waals surface area contributed by atoms with Crippen LogP contribution in [0.25, 0.3) is 0 Å². The summed E-state index contributed by atoms with van der Waals surface area (Å²) in [4.78, 5) is 11.9. The summed E-state index contributed by atoms with van der Waals surface area (Å²) in [5.74, 6) is -0.804. The van der Waals surface area contributed by atoms with E-state index in [9.17, 15) is 14.5 Å². The van der Waals surface area contributed by atoms with Gasteiger partial charge in [-0.05, 0) is 19.4 Å². The van der Waals surface area contributed by atoms with Crippen LogP contribution >= 0.6 is 0 Å². The van der Waals surface area contributed by atoms with E-state index in [-0.39, 0.29) is 5.92 Å². The minimum Gasteiger partial charge on any atom is -0.298 e. The van der Waals surface area contributed by atoms with Gasteiger partial charge in [-0.15, -0.1) is 0 Å². The van der Waals surface area contributed by atoms with Crippen molar-refractivity contribution in [3.8, 4) is 6.07 Å². The van der Waals surface area contributed by atoms with Crippen LogP contribution in [0.3, 0.4) is 0 Å². The van der Waals surface area contributed by atoms with E-state index in [4.69, 9.17) is 5.26 Å². The van der Waals surface area contributed by atoms with Crippen LogP contribution in [-0.4, -0.2) is 22.9 Å². The molecule has 1 aromatic carbocycles. The van der Waals surface area contributed by atoms with E-state index in [1.54, 1.807) is 6.07 Å². The number of nitro benzene ring substituents is 1. The summed E-state index contributed by atoms with van der Waals surface area (Å²) in [5, 5.41) is 19.6. The molecule has 0 N–H and O–H groups in total. The molecule has 0 aliphatic carbocycles. The third kappa shape index (κ3) is 3.06. The maximum absolute atomic E-state index is 13.9. The largest absolute Gasteiger partial charge is 0.305 e. The van der Waals surface area contributed by atoms with Crippen LogP contribution in [0.4, 0.5) is 10.1 Å². The number of hydrogen-bond donors (Lipinski definition) is 0. The molecule has 0 bridgehead atoms. The van der Waals surface area contributed by atoms with Crippen molar-refractivity contribution in [1.82, 2.24) is 4.90 Å². The summed E-state index contributed by atoms with van der Waals surface area (Å²) in [6.45, 7) is 1.70. The molecule has 1 aromatic rings. The van der Waals surface area contributed by atoms with E-state index in [0.29, 0.717) is 18.7 Å². The second-order valence-electron chi connectivity index (χ2n) is 4.71. The molecular weight excluding hydrogens is 249 g/mol. The van der Waals surface area contributed by atoms with Gasteiger partial charge in [0.05, 0.1) is 16.9 Å². The van der Waals surface area contributed by atoms with Gasteiger partial charge in [-0.1, -0.05) is 12.1 Å². The Kier molecular flexibility index (Phi) is 4.07. The highest BCUT2D eigenvalue weighted by atomic mass is 19.1. The molecule has 100 valence electrons. The van der Waals surface area contributed by atoms with Crippen molar-refractivity contribution in [2.75, 3.05) is 13.1 Å². The second kappa shape index (κ2) is 5.76. The Morgan fingerprint density at radius 1 is 1.58 bits per heavy atom. The lowest BCUT2D eigenvalue weighted by Gasteiger charge is -2.29. The number of nitrogens with zero attached hydrogens (tertiary/aromatic N) is 3. The fourth-order valence-corrected chi connectivity index (χ4v) is 2.37. The molecule has 19 heavy (non-hydrogen) atoms. The highest BCUT2D eigenvalue weighted by molar-refractivity contribution is 5.36. The van der Waals surface area contributed by atoms with E-state index in [1.165, 1.54) is 6.07 Å². The van der Waals surface area contributed by atoms with Crippen molar-refractivity contribution in [3.63, 3.8) is 0 Å². The minimum absolute atomic E-state index is 0.0319. The van der Waals surface area contributed by atoms with Crippen LogP contribution in [0.15, 0.2) is 18.2 Å². The molecule has 0 amide bonds. The molecule has 6 heteroatoms. The lowest BCUT2D eigenvalue weighted by Crippen LogP contribution is -2.34. The van der Waals surface area contributed by atoms with Crippen LogP contribution in [0, 0.1) is 33.2 Å². The maximum atomic E-state index is 13.9. The quantitative estimate of drug-likeness (QED) is 0.620. The van der Waals surface area contributed by atoms with E-state index in [0.717, 1.165) is 25.5 Å². The highest BCUT2D eigenvalue weighted by Crippen LogP contribution is 2.23. The Balaban J connectivity index is 2.13. The first-order valence-electron chi connectivity index (χ1n) is 6.15. The molecule has 1 saturated heterocycles. The molecular formula is C13H14FN3O2. The lowest BCUT2D eigenvalue weighted by atomic mass is 9.99. The van der Waals surface area contributed by atoms with E-state index in [2.05, 4.69) is 6.07 Å². The molecule has 0 aromatic heterocycles. The fourth-order valence-electron chi connectivity index (χ4n) is 2.37. The third-order valence-electron chi connectivity index (χ3n) is 3.34. The zero-order valence-electron chi connectivity index (χ0n) is 10.4. The zero-order chi connectivity index (χ0) is 13.8. The average molecular weight is 263 g/mol. The van der Waals surface area contributed by atoms with Gasteiger partial charge < -0.3 is 0 Å². The van der Waals surface area contributed by atoms with Gasteiger partial charge in [-0.3, -0.25) is 15.0 Å². The number of piperidine rings is 1. The fraction of sp³-hybridized carbons (Fsp3) is 0.462. The molecule has 1 unspecified atom stereocenters. The zero-order valence-corrected chi connectivity index (χ0v) is 10.4. The van der Waals surface area contributed by atoms with Crippen LogP contribution < -0.4 is 0 Å². The highest BCUT2D eigenvalue weighted by Gasteiger charge is 2.23. The van der Waals surface area contributed by atoms with Gasteiger partial charge in [0, 0.05) is 24.7 Å². The first kappa shape index (κ1) is 13.4. The van der Waals surface area contributed by atoms with Gasteiger partial charge in [0.1, 0.15) is 0 Å². The standard InChI is InChI=1S/C13H14FN3O2/c14-13-11(4-1-5-12(13)17(18)19)9-16-6-2-3-10(7-15)8-16/h1,4-5,10H,2-3,6,8-9H2. The molecule has 5 nitrogen and oxygen atoms in total. The van der Waals surface area contributed by atoms with Crippen molar-refractivity contribution in [3.05, 3.63) is 39.7 Å². The number of rotatable bonds is 3. The number of likely N-dealkylation sites (tertiary alicyclic amines) is 1. The van der Waals surface area contributed by atoms with Crippen molar-refractivity contribution < 1.29 is 9.31 Å². The lowest BCUT2D eigenvalue weighted by molar-refractivity contribution is -0.387. The Morgan fingerprint density at radius 3 is 3.05 bits per heavy atom. The van der Waals surface area contributed by atoms with Crippen molar-refractivity contribution in [1.29, 1.82) is 5.26 Å². The van der Waals surface area contributed by atoms with Gasteiger partial charge in [-0.25, -0.2) is 0 Å². The van der Waals surface area contributed by atoms with E-state index >= 15 is 0 Å². The SMILES string of the molecule is N#CC1CCCN(Cc2cccc([N+](=O)[O-])c2F)C1. The predicted molar refractivity (Wildman–Crippen MR) is 66.7 cm³/mol. The third-order valence-corrected chi connectivity index (χ3v) is 3.34. The van der Waals surface area contributed by atoms with Crippen LogP contribution in [0.2, 0.25) is 0 Å². The molecule has 1 aliphatic heterocycles. The minimum atomic E-state index is -0.772. The van der Waals surface area contributed by atoms with Crippen molar-refractivity contribution >= 4 is 5.69 Å². The summed E-state index contributed by atoms with van der Waals surface area (Å²) in [5.41, 5.74) is -0.181. The first-order valence-corrected chi connectivity index (χ1v) is 6.15. The summed E-state index contributed by atoms with van der Waals surface area (Å²) in [6.07, 6.45) is 1.76. The second-order valence-corrected chi connectivity index (χ2v) is 4.71. The summed E-state index contributed by atoms with van der Waals surface area (Å²) >= 11 is 0. The number of hydrogen-bond acceptors (Lipinski definition) is 4. The number of nitro groups is 1. The van der Waals surface area contributed by atoms with Crippen LogP contribution in [0.1, 0.15) is 18.4 Å². The molecule has 0 saturated carbocycles. The van der Waals surface area contributed by atoms with Crippen molar-refractivity contribution in [2.24, 2.45) is 5.92 Å². The molecule has 1 fully saturated rings. The topological polar surface area (TPSA) is 70.2 Å². The summed E-state index contributed by atoms with van der Waals surface area (Å²) in [6, 6.07) is 6.42. The Bertz CT molecular complexity index is 527. The van der Waals surface area contributed by atoms with Gasteiger partial charge >= 0.3 is 5.69 Å². The van der Waals surface area contributed by atoms with Gasteiger partial charge in [0.25, 0.3) is 0 Å². The Labute approximate surface area is 110 Å². The maximum Gasteiger partial charge on any atom is 0.305 e. The molecule has 1 atom stereocenters. The number of benzene rings is 1. The predicted octanol–water partition coefficient (Wildman–Crippen LogP) is 2.47. The smallest absolute Gasteiger partial charge is 0.298 e. The molecule has 1 heterocycles. The molecule has 0 radical (unpaired) electrons. The van der Waals surface area contributed by atoms with Gasteiger partial charge in [0.2, 0.25) is 5.82 Å². The molecule has 1 aliphatic rings. The normalized spacial score (nSPS) is 19.9. The van der Waals surface area contributed by atoms with Crippen LogP contribution in [-0.2, 0) is 6.54 Å². The van der Waals surface area contributed by atoms with Crippen LogP contribution in [0.5, 0.6) is 0 Å². The Morgan fingerprint density at radius 2 is 2.37 bits per heavy atom. The number of halogens is 1. The molecule has 0 spiro atoms. The monoisotopic (exact) mass is 263 g/mol. The number of nitriles is 1. The summed E-state index contributed by atoms with van der Waals surface area (Å²) < 4.78 is 13.9. The van der Waals surface area contributed by atoms with E-state index in [1.807, 2.05) is 4.90 Å². The Hall–Kier alpha value is -2.00. The average Bonchev–Trinajstić information content (AvgIpc) is 2.41.